The van der Waals surface area contributed by atoms with Crippen LogP contribution in [0, 0.1) is 0 Å². The average molecular weight is 260 g/mol. The Bertz CT molecular complexity index is 581. The van der Waals surface area contributed by atoms with Gasteiger partial charge in [-0.2, -0.15) is 5.10 Å². The van der Waals surface area contributed by atoms with E-state index in [2.05, 4.69) is 10.1 Å². The molecule has 2 N–H and O–H groups in total. The summed E-state index contributed by atoms with van der Waals surface area (Å²) in [5.74, 6) is 0.435. The molecular weight excluding hydrogens is 244 g/mol. The van der Waals surface area contributed by atoms with Crippen LogP contribution in [0.1, 0.15) is 12.5 Å². The van der Waals surface area contributed by atoms with Crippen LogP contribution in [0.25, 0.3) is 0 Å². The van der Waals surface area contributed by atoms with Gasteiger partial charge in [0, 0.05) is 24.5 Å². The largest absolute Gasteiger partial charge is 0.490 e. The Balaban J connectivity index is 2.09. The Morgan fingerprint density at radius 2 is 2.32 bits per heavy atom. The molecule has 6 nitrogen and oxygen atoms in total. The number of nitrogens with zero attached hydrogens (tertiary/aromatic N) is 3. The van der Waals surface area contributed by atoms with E-state index in [1.54, 1.807) is 12.4 Å². The van der Waals surface area contributed by atoms with Crippen LogP contribution in [-0.4, -0.2) is 27.4 Å². The zero-order valence-electron chi connectivity index (χ0n) is 10.7. The lowest BCUT2D eigenvalue weighted by atomic mass is 10.3. The lowest BCUT2D eigenvalue weighted by molar-refractivity contribution is 0.293. The van der Waals surface area contributed by atoms with Gasteiger partial charge in [0.05, 0.1) is 12.7 Å². The van der Waals surface area contributed by atoms with Crippen molar-refractivity contribution in [2.45, 2.75) is 19.5 Å². The van der Waals surface area contributed by atoms with Crippen LogP contribution < -0.4 is 16.0 Å². The third kappa shape index (κ3) is 3.89. The van der Waals surface area contributed by atoms with Crippen molar-refractivity contribution in [3.05, 3.63) is 52.7 Å². The maximum atomic E-state index is 11.9. The van der Waals surface area contributed by atoms with Crippen LogP contribution >= 0.6 is 0 Å². The fourth-order valence-electron chi connectivity index (χ4n) is 1.51. The van der Waals surface area contributed by atoms with Crippen LogP contribution in [0.4, 0.5) is 0 Å². The minimum atomic E-state index is -0.217. The predicted molar refractivity (Wildman–Crippen MR) is 71.0 cm³/mol. The van der Waals surface area contributed by atoms with Gasteiger partial charge in [0.25, 0.3) is 5.56 Å². The molecule has 0 saturated carbocycles. The highest BCUT2D eigenvalue weighted by Crippen LogP contribution is 2.04. The minimum Gasteiger partial charge on any atom is -0.490 e. The maximum absolute atomic E-state index is 11.9. The molecule has 0 aliphatic carbocycles. The van der Waals surface area contributed by atoms with Crippen molar-refractivity contribution in [3.8, 4) is 5.75 Å². The number of nitrogens with two attached hydrogens (primary N) is 1. The molecule has 1 atom stereocenters. The molecule has 0 bridgehead atoms. The van der Waals surface area contributed by atoms with Crippen LogP contribution in [-0.2, 0) is 6.54 Å². The summed E-state index contributed by atoms with van der Waals surface area (Å²) in [5.41, 5.74) is 6.28. The molecule has 0 spiro atoms. The number of pyridine rings is 1. The second kappa shape index (κ2) is 6.10. The molecule has 0 amide bonds. The van der Waals surface area contributed by atoms with Crippen LogP contribution in [0.15, 0.2) is 41.6 Å². The van der Waals surface area contributed by atoms with Gasteiger partial charge in [0.1, 0.15) is 12.4 Å². The van der Waals surface area contributed by atoms with E-state index in [0.29, 0.717) is 18.9 Å². The molecule has 2 aromatic rings. The van der Waals surface area contributed by atoms with E-state index < -0.39 is 0 Å². The summed E-state index contributed by atoms with van der Waals surface area (Å²) in [6.07, 6.45) is 4.90. The standard InChI is InChI=1S/C13H16N4O2/c1-10(14)9-19-12-5-13(18)17(16-7-12)8-11-3-2-4-15-6-11/h2-7,10H,8-9,14H2,1H3. The van der Waals surface area contributed by atoms with Crippen molar-refractivity contribution in [1.82, 2.24) is 14.8 Å². The van der Waals surface area contributed by atoms with Gasteiger partial charge in [-0.25, -0.2) is 4.68 Å². The molecule has 2 aromatic heterocycles. The molecule has 0 saturated heterocycles. The summed E-state index contributed by atoms with van der Waals surface area (Å²) in [5, 5.41) is 4.06. The third-order valence-corrected chi connectivity index (χ3v) is 2.41. The van der Waals surface area contributed by atoms with E-state index in [1.807, 2.05) is 19.1 Å². The minimum absolute atomic E-state index is 0.0853. The molecular formula is C13H16N4O2. The molecule has 6 heteroatoms. The quantitative estimate of drug-likeness (QED) is 0.842. The smallest absolute Gasteiger partial charge is 0.270 e. The molecule has 0 aliphatic rings. The first kappa shape index (κ1) is 13.2. The van der Waals surface area contributed by atoms with Gasteiger partial charge in [-0.15, -0.1) is 0 Å². The van der Waals surface area contributed by atoms with Gasteiger partial charge in [-0.05, 0) is 18.6 Å². The van der Waals surface area contributed by atoms with Gasteiger partial charge < -0.3 is 10.5 Å². The Morgan fingerprint density at radius 1 is 1.47 bits per heavy atom. The van der Waals surface area contributed by atoms with E-state index in [-0.39, 0.29) is 11.6 Å². The molecule has 1 unspecified atom stereocenters. The Hall–Kier alpha value is -2.21. The Morgan fingerprint density at radius 3 is 2.95 bits per heavy atom. The number of ether oxygens (including phenoxy) is 1. The van der Waals surface area contributed by atoms with Gasteiger partial charge in [-0.3, -0.25) is 9.78 Å². The zero-order chi connectivity index (χ0) is 13.7. The lowest BCUT2D eigenvalue weighted by Gasteiger charge is -2.09. The maximum Gasteiger partial charge on any atom is 0.270 e. The fourth-order valence-corrected chi connectivity index (χ4v) is 1.51. The summed E-state index contributed by atoms with van der Waals surface area (Å²) in [7, 11) is 0. The molecule has 0 aromatic carbocycles. The first-order valence-electron chi connectivity index (χ1n) is 5.99. The van der Waals surface area contributed by atoms with E-state index in [9.17, 15) is 4.79 Å². The number of aromatic nitrogens is 3. The van der Waals surface area contributed by atoms with Gasteiger partial charge >= 0.3 is 0 Å². The highest BCUT2D eigenvalue weighted by Gasteiger charge is 2.03. The molecule has 19 heavy (non-hydrogen) atoms. The van der Waals surface area contributed by atoms with Crippen LogP contribution in [0.5, 0.6) is 5.75 Å². The summed E-state index contributed by atoms with van der Waals surface area (Å²) in [4.78, 5) is 15.9. The SMILES string of the molecule is CC(N)COc1cnn(Cc2cccnc2)c(=O)c1. The first-order valence-corrected chi connectivity index (χ1v) is 5.99. The first-order chi connectivity index (χ1) is 9.15. The highest BCUT2D eigenvalue weighted by molar-refractivity contribution is 5.15. The molecule has 0 radical (unpaired) electrons. The van der Waals surface area contributed by atoms with Gasteiger partial charge in [0.2, 0.25) is 0 Å². The number of hydrogen-bond donors (Lipinski definition) is 1. The highest BCUT2D eigenvalue weighted by atomic mass is 16.5. The molecule has 0 aliphatic heterocycles. The summed E-state index contributed by atoms with van der Waals surface area (Å²) >= 11 is 0. The zero-order valence-corrected chi connectivity index (χ0v) is 10.7. The summed E-state index contributed by atoms with van der Waals surface area (Å²) in [6, 6.07) is 5.03. The van der Waals surface area contributed by atoms with Crippen molar-refractivity contribution >= 4 is 0 Å². The third-order valence-electron chi connectivity index (χ3n) is 2.41. The second-order valence-electron chi connectivity index (χ2n) is 4.34. The number of hydrogen-bond acceptors (Lipinski definition) is 5. The topological polar surface area (TPSA) is 83.0 Å². The van der Waals surface area contributed by atoms with Crippen LogP contribution in [0.2, 0.25) is 0 Å². The number of rotatable bonds is 5. The second-order valence-corrected chi connectivity index (χ2v) is 4.34. The van der Waals surface area contributed by atoms with Gasteiger partial charge in [-0.1, -0.05) is 6.07 Å². The molecule has 2 rings (SSSR count). The van der Waals surface area contributed by atoms with Crippen molar-refractivity contribution in [2.24, 2.45) is 5.73 Å². The average Bonchev–Trinajstić information content (AvgIpc) is 2.40. The summed E-state index contributed by atoms with van der Waals surface area (Å²) in [6.45, 7) is 2.57. The Kier molecular flexibility index (Phi) is 4.25. The predicted octanol–water partition coefficient (Wildman–Crippen LogP) is 0.413. The Labute approximate surface area is 110 Å². The van der Waals surface area contributed by atoms with E-state index in [4.69, 9.17) is 10.5 Å². The van der Waals surface area contributed by atoms with E-state index in [1.165, 1.54) is 16.9 Å². The summed E-state index contributed by atoms with van der Waals surface area (Å²) < 4.78 is 6.70. The monoisotopic (exact) mass is 260 g/mol. The lowest BCUT2D eigenvalue weighted by Crippen LogP contribution is -2.26. The van der Waals surface area contributed by atoms with E-state index in [0.717, 1.165) is 5.56 Å². The van der Waals surface area contributed by atoms with Crippen molar-refractivity contribution in [1.29, 1.82) is 0 Å². The fraction of sp³-hybridized carbons (Fsp3) is 0.308. The van der Waals surface area contributed by atoms with Crippen LogP contribution in [0.3, 0.4) is 0 Å². The normalized spacial score (nSPS) is 12.1. The van der Waals surface area contributed by atoms with Crippen molar-refractivity contribution in [2.75, 3.05) is 6.61 Å². The molecule has 100 valence electrons. The van der Waals surface area contributed by atoms with Gasteiger partial charge in [0.15, 0.2) is 0 Å². The van der Waals surface area contributed by atoms with Crippen molar-refractivity contribution in [3.63, 3.8) is 0 Å². The van der Waals surface area contributed by atoms with Crippen molar-refractivity contribution < 1.29 is 4.74 Å². The molecule has 0 fully saturated rings. The molecule has 2 heterocycles. The van der Waals surface area contributed by atoms with E-state index >= 15 is 0 Å².